The van der Waals surface area contributed by atoms with Gasteiger partial charge >= 0.3 is 5.97 Å². The number of rotatable bonds is 8. The van der Waals surface area contributed by atoms with Crippen molar-refractivity contribution in [3.8, 4) is 0 Å². The van der Waals surface area contributed by atoms with Crippen molar-refractivity contribution in [3.63, 3.8) is 0 Å². The number of unbranched alkanes of at least 4 members (excludes halogenated alkanes) is 2. The molecule has 0 radical (unpaired) electrons. The maximum atomic E-state index is 11.4. The van der Waals surface area contributed by atoms with Crippen molar-refractivity contribution in [1.29, 1.82) is 0 Å². The van der Waals surface area contributed by atoms with Gasteiger partial charge in [0.15, 0.2) is 5.60 Å². The average Bonchev–Trinajstić information content (AvgIpc) is 2.27. The van der Waals surface area contributed by atoms with Gasteiger partial charge < -0.3 is 10.5 Å². The second-order valence-corrected chi connectivity index (χ2v) is 3.79. The molecule has 1 amide bonds. The number of ether oxygens (including phenoxy) is 1. The molecule has 0 rings (SSSR count). The van der Waals surface area contributed by atoms with E-state index in [9.17, 15) is 9.59 Å². The quantitative estimate of drug-likeness (QED) is 0.391. The zero-order valence-corrected chi connectivity index (χ0v) is 10.1. The summed E-state index contributed by atoms with van der Waals surface area (Å²) in [7, 11) is 0. The Morgan fingerprint density at radius 3 is 2.38 bits per heavy atom. The number of nitrogens with two attached hydrogens (primary N) is 1. The number of hydrogen-bond acceptors (Lipinski definition) is 3. The molecule has 0 aliphatic rings. The minimum atomic E-state index is -1.17. The van der Waals surface area contributed by atoms with Gasteiger partial charge in [-0.15, -0.1) is 0 Å². The summed E-state index contributed by atoms with van der Waals surface area (Å²) in [6.45, 7) is 7.16. The molecule has 0 heterocycles. The third-order valence-corrected chi connectivity index (χ3v) is 2.67. The normalized spacial score (nSPS) is 13.9. The Morgan fingerprint density at radius 2 is 2.00 bits per heavy atom. The first kappa shape index (κ1) is 14.7. The number of carbonyl (C=O) groups is 2. The van der Waals surface area contributed by atoms with Gasteiger partial charge in [0, 0.05) is 6.08 Å². The first-order valence-corrected chi connectivity index (χ1v) is 5.67. The first-order valence-electron chi connectivity index (χ1n) is 5.67. The van der Waals surface area contributed by atoms with E-state index in [4.69, 9.17) is 10.5 Å². The standard InChI is InChI=1S/C12H21NO3/c1-4-7-8-9-12(6-3,11(13)15)16-10(14)5-2/h5H,2,4,6-9H2,1,3H3,(H2,13,15). The van der Waals surface area contributed by atoms with Crippen LogP contribution in [0.15, 0.2) is 12.7 Å². The van der Waals surface area contributed by atoms with E-state index in [1.165, 1.54) is 0 Å². The third kappa shape index (κ3) is 4.04. The number of hydrogen-bond donors (Lipinski definition) is 1. The highest BCUT2D eigenvalue weighted by atomic mass is 16.6. The molecule has 0 aromatic heterocycles. The van der Waals surface area contributed by atoms with E-state index < -0.39 is 17.5 Å². The molecule has 0 fully saturated rings. The Kier molecular flexibility index (Phi) is 6.46. The van der Waals surface area contributed by atoms with Crippen LogP contribution in [0.4, 0.5) is 0 Å². The van der Waals surface area contributed by atoms with Gasteiger partial charge in [0.05, 0.1) is 0 Å². The van der Waals surface area contributed by atoms with E-state index in [1.54, 1.807) is 6.92 Å². The third-order valence-electron chi connectivity index (χ3n) is 2.67. The van der Waals surface area contributed by atoms with Crippen molar-refractivity contribution in [2.75, 3.05) is 0 Å². The highest BCUT2D eigenvalue weighted by molar-refractivity contribution is 5.89. The number of primary amides is 1. The minimum absolute atomic E-state index is 0.394. The number of carbonyl (C=O) groups excluding carboxylic acids is 2. The monoisotopic (exact) mass is 227 g/mol. The lowest BCUT2D eigenvalue weighted by molar-refractivity contribution is -0.164. The van der Waals surface area contributed by atoms with Crippen LogP contribution < -0.4 is 5.73 Å². The van der Waals surface area contributed by atoms with Crippen molar-refractivity contribution in [2.45, 2.75) is 51.6 Å². The summed E-state index contributed by atoms with van der Waals surface area (Å²) in [4.78, 5) is 22.6. The molecule has 0 aliphatic carbocycles. The van der Waals surface area contributed by atoms with Crippen LogP contribution in [-0.4, -0.2) is 17.5 Å². The van der Waals surface area contributed by atoms with E-state index in [2.05, 4.69) is 13.5 Å². The molecule has 4 heteroatoms. The maximum absolute atomic E-state index is 11.4. The Bertz CT molecular complexity index is 263. The van der Waals surface area contributed by atoms with Crippen LogP contribution in [-0.2, 0) is 14.3 Å². The van der Waals surface area contributed by atoms with E-state index in [1.807, 2.05) is 0 Å². The van der Waals surface area contributed by atoms with Crippen molar-refractivity contribution >= 4 is 11.9 Å². The predicted octanol–water partition coefficient (Wildman–Crippen LogP) is 1.93. The molecule has 1 atom stereocenters. The van der Waals surface area contributed by atoms with Gasteiger partial charge in [-0.25, -0.2) is 4.79 Å². The molecule has 1 unspecified atom stereocenters. The first-order chi connectivity index (χ1) is 7.52. The Balaban J connectivity index is 4.64. The van der Waals surface area contributed by atoms with Gasteiger partial charge in [0.1, 0.15) is 0 Å². The zero-order chi connectivity index (χ0) is 12.6. The summed E-state index contributed by atoms with van der Waals surface area (Å²) in [6.07, 6.45) is 4.76. The van der Waals surface area contributed by atoms with E-state index in [-0.39, 0.29) is 0 Å². The smallest absolute Gasteiger partial charge is 0.331 e. The van der Waals surface area contributed by atoms with Gasteiger partial charge in [-0.2, -0.15) is 0 Å². The zero-order valence-electron chi connectivity index (χ0n) is 10.1. The van der Waals surface area contributed by atoms with Crippen LogP contribution in [0.2, 0.25) is 0 Å². The van der Waals surface area contributed by atoms with Crippen LogP contribution in [0.25, 0.3) is 0 Å². The highest BCUT2D eigenvalue weighted by Gasteiger charge is 2.37. The molecule has 0 aromatic carbocycles. The van der Waals surface area contributed by atoms with Crippen molar-refractivity contribution in [1.82, 2.24) is 0 Å². The van der Waals surface area contributed by atoms with Gasteiger partial charge in [0.2, 0.25) is 0 Å². The van der Waals surface area contributed by atoms with E-state index >= 15 is 0 Å². The maximum Gasteiger partial charge on any atom is 0.331 e. The second-order valence-electron chi connectivity index (χ2n) is 3.79. The summed E-state index contributed by atoms with van der Waals surface area (Å²) < 4.78 is 5.11. The number of amides is 1. The molecular formula is C12H21NO3. The summed E-state index contributed by atoms with van der Waals surface area (Å²) >= 11 is 0. The molecule has 0 saturated heterocycles. The molecule has 0 bridgehead atoms. The van der Waals surface area contributed by atoms with Gasteiger partial charge in [-0.05, 0) is 19.3 Å². The second kappa shape index (κ2) is 7.04. The van der Waals surface area contributed by atoms with Crippen LogP contribution in [0.1, 0.15) is 46.0 Å². The van der Waals surface area contributed by atoms with E-state index in [0.29, 0.717) is 12.8 Å². The van der Waals surface area contributed by atoms with Crippen LogP contribution in [0.5, 0.6) is 0 Å². The molecule has 0 aliphatic heterocycles. The SMILES string of the molecule is C=CC(=O)OC(CC)(CCCCC)C(N)=O. The Hall–Kier alpha value is -1.32. The fourth-order valence-electron chi connectivity index (χ4n) is 1.54. The molecular weight excluding hydrogens is 206 g/mol. The largest absolute Gasteiger partial charge is 0.446 e. The van der Waals surface area contributed by atoms with E-state index in [0.717, 1.165) is 25.3 Å². The van der Waals surface area contributed by atoms with Crippen molar-refractivity contribution in [3.05, 3.63) is 12.7 Å². The minimum Gasteiger partial charge on any atom is -0.446 e. The molecule has 0 spiro atoms. The van der Waals surface area contributed by atoms with Crippen LogP contribution >= 0.6 is 0 Å². The predicted molar refractivity (Wildman–Crippen MR) is 62.6 cm³/mol. The summed E-state index contributed by atoms with van der Waals surface area (Å²) in [6, 6.07) is 0. The van der Waals surface area contributed by atoms with Gasteiger partial charge in [-0.1, -0.05) is 33.3 Å². The Labute approximate surface area is 96.8 Å². The van der Waals surface area contributed by atoms with Crippen molar-refractivity contribution < 1.29 is 14.3 Å². The fourth-order valence-corrected chi connectivity index (χ4v) is 1.54. The highest BCUT2D eigenvalue weighted by Crippen LogP contribution is 2.24. The fraction of sp³-hybridized carbons (Fsp3) is 0.667. The summed E-state index contributed by atoms with van der Waals surface area (Å²) in [5.41, 5.74) is 4.15. The summed E-state index contributed by atoms with van der Waals surface area (Å²) in [5, 5.41) is 0. The molecule has 4 nitrogen and oxygen atoms in total. The lowest BCUT2D eigenvalue weighted by Crippen LogP contribution is -2.47. The molecule has 16 heavy (non-hydrogen) atoms. The summed E-state index contributed by atoms with van der Waals surface area (Å²) in [5.74, 6) is -1.18. The lowest BCUT2D eigenvalue weighted by Gasteiger charge is -2.28. The van der Waals surface area contributed by atoms with Gasteiger partial charge in [-0.3, -0.25) is 4.79 Å². The number of esters is 1. The Morgan fingerprint density at radius 1 is 1.38 bits per heavy atom. The molecule has 92 valence electrons. The molecule has 0 saturated carbocycles. The van der Waals surface area contributed by atoms with Crippen LogP contribution in [0, 0.1) is 0 Å². The average molecular weight is 227 g/mol. The van der Waals surface area contributed by atoms with Gasteiger partial charge in [0.25, 0.3) is 5.91 Å². The van der Waals surface area contributed by atoms with Crippen molar-refractivity contribution in [2.24, 2.45) is 5.73 Å². The topological polar surface area (TPSA) is 69.4 Å². The lowest BCUT2D eigenvalue weighted by atomic mass is 9.92. The molecule has 2 N–H and O–H groups in total. The molecule has 0 aromatic rings. The van der Waals surface area contributed by atoms with Crippen LogP contribution in [0.3, 0.4) is 0 Å².